The highest BCUT2D eigenvalue weighted by Crippen LogP contribution is 2.21. The predicted octanol–water partition coefficient (Wildman–Crippen LogP) is 1.12. The number of benzene rings is 1. The van der Waals surface area contributed by atoms with Gasteiger partial charge in [-0.3, -0.25) is 0 Å². The molecule has 2 N–H and O–H groups in total. The second-order valence-corrected chi connectivity index (χ2v) is 7.08. The van der Waals surface area contributed by atoms with Gasteiger partial charge in [0.25, 0.3) is 0 Å². The van der Waals surface area contributed by atoms with Crippen LogP contribution in [-0.4, -0.2) is 50.8 Å². The van der Waals surface area contributed by atoms with E-state index < -0.39 is 15.8 Å². The quantitative estimate of drug-likeness (QED) is 0.828. The number of likely N-dealkylation sites (N-methyl/N-ethyl adjacent to an activating group) is 1. The van der Waals surface area contributed by atoms with Crippen LogP contribution in [0.4, 0.5) is 10.1 Å². The Hall–Kier alpha value is -1.18. The molecule has 1 fully saturated rings. The van der Waals surface area contributed by atoms with Gasteiger partial charge in [0.15, 0.2) is 0 Å². The first kappa shape index (κ1) is 15.2. The fourth-order valence-corrected chi connectivity index (χ4v) is 3.55. The molecular weight excluding hydrogens is 281 g/mol. The Kier molecular flexibility index (Phi) is 4.62. The molecule has 0 bridgehead atoms. The van der Waals surface area contributed by atoms with Gasteiger partial charge in [-0.25, -0.2) is 12.8 Å². The van der Waals surface area contributed by atoms with E-state index in [-0.39, 0.29) is 10.6 Å². The number of nitrogens with zero attached hydrogens (tertiary/aromatic N) is 2. The molecule has 0 aliphatic carbocycles. The Bertz CT molecular complexity index is 571. The van der Waals surface area contributed by atoms with Crippen molar-refractivity contribution in [3.63, 3.8) is 0 Å². The summed E-state index contributed by atoms with van der Waals surface area (Å²) in [5, 5.41) is 0. The van der Waals surface area contributed by atoms with Crippen LogP contribution in [0.2, 0.25) is 0 Å². The van der Waals surface area contributed by atoms with Crippen LogP contribution in [0.5, 0.6) is 0 Å². The third kappa shape index (κ3) is 3.28. The summed E-state index contributed by atoms with van der Waals surface area (Å²) in [5.74, 6) is -0.771. The number of sulfonamides is 1. The van der Waals surface area contributed by atoms with Crippen LogP contribution < -0.4 is 5.73 Å². The van der Waals surface area contributed by atoms with Gasteiger partial charge in [-0.2, -0.15) is 4.31 Å². The third-order valence-electron chi connectivity index (χ3n) is 3.57. The molecule has 20 heavy (non-hydrogen) atoms. The lowest BCUT2D eigenvalue weighted by molar-refractivity contribution is 0.309. The predicted molar refractivity (Wildman–Crippen MR) is 76.3 cm³/mol. The SMILES string of the molecule is CN(CCN1CCCC1)S(=O)(=O)c1cc(N)ccc1F. The maximum absolute atomic E-state index is 13.7. The number of nitrogen functional groups attached to an aromatic ring is 1. The largest absolute Gasteiger partial charge is 0.399 e. The third-order valence-corrected chi connectivity index (χ3v) is 5.45. The summed E-state index contributed by atoms with van der Waals surface area (Å²) < 4.78 is 39.5. The molecule has 7 heteroatoms. The maximum Gasteiger partial charge on any atom is 0.245 e. The van der Waals surface area contributed by atoms with Crippen molar-refractivity contribution in [3.8, 4) is 0 Å². The van der Waals surface area contributed by atoms with Gasteiger partial charge in [-0.05, 0) is 44.1 Å². The van der Waals surface area contributed by atoms with E-state index in [4.69, 9.17) is 5.73 Å². The van der Waals surface area contributed by atoms with Crippen LogP contribution >= 0.6 is 0 Å². The molecule has 0 amide bonds. The van der Waals surface area contributed by atoms with Crippen molar-refractivity contribution >= 4 is 15.7 Å². The van der Waals surface area contributed by atoms with E-state index in [2.05, 4.69) is 4.90 Å². The summed E-state index contributed by atoms with van der Waals surface area (Å²) in [7, 11) is -2.37. The molecule has 5 nitrogen and oxygen atoms in total. The summed E-state index contributed by atoms with van der Waals surface area (Å²) in [6.45, 7) is 3.01. The molecule has 1 aliphatic rings. The van der Waals surface area contributed by atoms with E-state index in [1.54, 1.807) is 0 Å². The zero-order chi connectivity index (χ0) is 14.8. The molecule has 1 saturated heterocycles. The first-order valence-corrected chi connectivity index (χ1v) is 8.09. The summed E-state index contributed by atoms with van der Waals surface area (Å²) in [5.41, 5.74) is 5.77. The van der Waals surface area contributed by atoms with Crippen molar-refractivity contribution in [3.05, 3.63) is 24.0 Å². The highest BCUT2D eigenvalue weighted by Gasteiger charge is 2.25. The van der Waals surface area contributed by atoms with E-state index in [1.807, 2.05) is 0 Å². The molecule has 0 saturated carbocycles. The summed E-state index contributed by atoms with van der Waals surface area (Å²) in [6.07, 6.45) is 2.31. The van der Waals surface area contributed by atoms with E-state index in [1.165, 1.54) is 17.4 Å². The molecule has 0 atom stereocenters. The molecule has 0 unspecified atom stereocenters. The zero-order valence-corrected chi connectivity index (χ0v) is 12.4. The van der Waals surface area contributed by atoms with E-state index in [0.717, 1.165) is 38.1 Å². The fourth-order valence-electron chi connectivity index (χ4n) is 2.29. The molecule has 2 rings (SSSR count). The van der Waals surface area contributed by atoms with Gasteiger partial charge in [0.1, 0.15) is 10.7 Å². The normalized spacial score (nSPS) is 16.9. The van der Waals surface area contributed by atoms with Crippen LogP contribution in [0.25, 0.3) is 0 Å². The minimum Gasteiger partial charge on any atom is -0.399 e. The molecular formula is C13H20FN3O2S. The average molecular weight is 301 g/mol. The molecule has 0 radical (unpaired) electrons. The summed E-state index contributed by atoms with van der Waals surface area (Å²) in [6, 6.07) is 3.59. The van der Waals surface area contributed by atoms with Crippen molar-refractivity contribution < 1.29 is 12.8 Å². The Morgan fingerprint density at radius 3 is 2.65 bits per heavy atom. The lowest BCUT2D eigenvalue weighted by atomic mass is 10.3. The van der Waals surface area contributed by atoms with Crippen LogP contribution in [0.1, 0.15) is 12.8 Å². The molecule has 1 aromatic carbocycles. The molecule has 1 aliphatic heterocycles. The Balaban J connectivity index is 2.10. The van der Waals surface area contributed by atoms with Crippen LogP contribution in [0.15, 0.2) is 23.1 Å². The second-order valence-electron chi connectivity index (χ2n) is 5.07. The van der Waals surface area contributed by atoms with Crippen molar-refractivity contribution in [2.24, 2.45) is 0 Å². The maximum atomic E-state index is 13.7. The van der Waals surface area contributed by atoms with Gasteiger partial charge in [0, 0.05) is 25.8 Å². The van der Waals surface area contributed by atoms with Gasteiger partial charge in [0.05, 0.1) is 0 Å². The van der Waals surface area contributed by atoms with E-state index in [0.29, 0.717) is 13.1 Å². The highest BCUT2D eigenvalue weighted by atomic mass is 32.2. The van der Waals surface area contributed by atoms with Crippen LogP contribution in [0, 0.1) is 5.82 Å². The molecule has 1 heterocycles. The number of halogens is 1. The number of rotatable bonds is 5. The number of nitrogens with two attached hydrogens (primary N) is 1. The lowest BCUT2D eigenvalue weighted by Gasteiger charge is -2.21. The topological polar surface area (TPSA) is 66.6 Å². The van der Waals surface area contributed by atoms with Crippen LogP contribution in [-0.2, 0) is 10.0 Å². The molecule has 1 aromatic rings. The molecule has 112 valence electrons. The second kappa shape index (κ2) is 6.07. The zero-order valence-electron chi connectivity index (χ0n) is 11.5. The van der Waals surface area contributed by atoms with E-state index in [9.17, 15) is 12.8 Å². The molecule has 0 spiro atoms. The van der Waals surface area contributed by atoms with E-state index >= 15 is 0 Å². The fraction of sp³-hybridized carbons (Fsp3) is 0.538. The summed E-state index contributed by atoms with van der Waals surface area (Å²) >= 11 is 0. The summed E-state index contributed by atoms with van der Waals surface area (Å²) in [4.78, 5) is 1.85. The number of anilines is 1. The highest BCUT2D eigenvalue weighted by molar-refractivity contribution is 7.89. The van der Waals surface area contributed by atoms with Gasteiger partial charge in [-0.15, -0.1) is 0 Å². The standard InChI is InChI=1S/C13H20FN3O2S/c1-16(8-9-17-6-2-3-7-17)20(18,19)13-10-11(15)4-5-12(13)14/h4-5,10H,2-3,6-9,15H2,1H3. The first-order chi connectivity index (χ1) is 9.41. The average Bonchev–Trinajstić information content (AvgIpc) is 2.91. The lowest BCUT2D eigenvalue weighted by Crippen LogP contribution is -2.35. The first-order valence-electron chi connectivity index (χ1n) is 6.65. The number of hydrogen-bond acceptors (Lipinski definition) is 4. The van der Waals surface area contributed by atoms with Crippen molar-refractivity contribution in [1.82, 2.24) is 9.21 Å². The van der Waals surface area contributed by atoms with Gasteiger partial charge >= 0.3 is 0 Å². The van der Waals surface area contributed by atoms with Crippen molar-refractivity contribution in [2.75, 3.05) is 39.0 Å². The molecule has 0 aromatic heterocycles. The minimum absolute atomic E-state index is 0.234. The van der Waals surface area contributed by atoms with Crippen LogP contribution in [0.3, 0.4) is 0 Å². The van der Waals surface area contributed by atoms with Crippen molar-refractivity contribution in [2.45, 2.75) is 17.7 Å². The smallest absolute Gasteiger partial charge is 0.245 e. The van der Waals surface area contributed by atoms with Gasteiger partial charge < -0.3 is 10.6 Å². The van der Waals surface area contributed by atoms with Gasteiger partial charge in [0.2, 0.25) is 10.0 Å². The Morgan fingerprint density at radius 1 is 1.35 bits per heavy atom. The number of likely N-dealkylation sites (tertiary alicyclic amines) is 1. The Morgan fingerprint density at radius 2 is 2.00 bits per heavy atom. The van der Waals surface area contributed by atoms with Crippen molar-refractivity contribution in [1.29, 1.82) is 0 Å². The number of hydrogen-bond donors (Lipinski definition) is 1. The Labute approximate surface area is 119 Å². The minimum atomic E-state index is -3.83. The van der Waals surface area contributed by atoms with Gasteiger partial charge in [-0.1, -0.05) is 0 Å². The monoisotopic (exact) mass is 301 g/mol.